The van der Waals surface area contributed by atoms with E-state index in [0.29, 0.717) is 11.3 Å². The molecule has 0 bridgehead atoms. The fourth-order valence-electron chi connectivity index (χ4n) is 1.82. The van der Waals surface area contributed by atoms with Crippen LogP contribution >= 0.6 is 0 Å². The highest BCUT2D eigenvalue weighted by molar-refractivity contribution is 5.44. The van der Waals surface area contributed by atoms with E-state index in [0.717, 1.165) is 5.56 Å². The Morgan fingerprint density at radius 1 is 1.11 bits per heavy atom. The van der Waals surface area contributed by atoms with Crippen molar-refractivity contribution in [2.24, 2.45) is 5.73 Å². The van der Waals surface area contributed by atoms with Crippen LogP contribution in [0.25, 0.3) is 0 Å². The molecule has 2 aromatic carbocycles. The first kappa shape index (κ1) is 12.4. The third-order valence-corrected chi connectivity index (χ3v) is 2.80. The van der Waals surface area contributed by atoms with Gasteiger partial charge in [0, 0.05) is 5.69 Å². The molecule has 0 aromatic heterocycles. The predicted molar refractivity (Wildman–Crippen MR) is 69.8 cm³/mol. The molecule has 0 aliphatic heterocycles. The number of rotatable bonds is 3. The van der Waals surface area contributed by atoms with Crippen LogP contribution in [0.4, 0.5) is 10.1 Å². The van der Waals surface area contributed by atoms with Crippen LogP contribution in [0.5, 0.6) is 5.75 Å². The minimum atomic E-state index is -0.422. The molecule has 1 unspecified atom stereocenters. The number of halogens is 1. The highest BCUT2D eigenvalue weighted by atomic mass is 19.1. The van der Waals surface area contributed by atoms with Crippen LogP contribution in [0.2, 0.25) is 0 Å². The summed E-state index contributed by atoms with van der Waals surface area (Å²) in [5.74, 6) is -0.215. The molecule has 3 nitrogen and oxygen atoms in total. The highest BCUT2D eigenvalue weighted by Crippen LogP contribution is 2.25. The van der Waals surface area contributed by atoms with Crippen molar-refractivity contribution in [3.63, 3.8) is 0 Å². The van der Waals surface area contributed by atoms with Gasteiger partial charge in [-0.25, -0.2) is 4.39 Å². The number of ether oxygens (including phenoxy) is 1. The van der Waals surface area contributed by atoms with Gasteiger partial charge in [0.05, 0.1) is 13.2 Å². The van der Waals surface area contributed by atoms with E-state index in [2.05, 4.69) is 0 Å². The maximum Gasteiger partial charge on any atom is 0.165 e. The molecule has 0 aliphatic rings. The molecule has 0 saturated heterocycles. The highest BCUT2D eigenvalue weighted by Gasteiger charge is 2.12. The van der Waals surface area contributed by atoms with Gasteiger partial charge in [0.25, 0.3) is 0 Å². The van der Waals surface area contributed by atoms with Crippen LogP contribution in [0.15, 0.2) is 42.5 Å². The molecule has 0 radical (unpaired) electrons. The van der Waals surface area contributed by atoms with Gasteiger partial charge in [0.15, 0.2) is 11.6 Å². The lowest BCUT2D eigenvalue weighted by molar-refractivity contribution is 0.386. The van der Waals surface area contributed by atoms with E-state index in [1.54, 1.807) is 24.3 Å². The van der Waals surface area contributed by atoms with E-state index < -0.39 is 11.9 Å². The summed E-state index contributed by atoms with van der Waals surface area (Å²) in [7, 11) is 1.43. The molecule has 0 amide bonds. The molecule has 0 aliphatic carbocycles. The molecule has 1 atom stereocenters. The number of methoxy groups -OCH3 is 1. The summed E-state index contributed by atoms with van der Waals surface area (Å²) >= 11 is 0. The molecule has 4 N–H and O–H groups in total. The van der Waals surface area contributed by atoms with Crippen molar-refractivity contribution in [3.8, 4) is 5.75 Å². The number of nitrogens with two attached hydrogens (primary N) is 2. The van der Waals surface area contributed by atoms with Gasteiger partial charge in [0.2, 0.25) is 0 Å². The van der Waals surface area contributed by atoms with Gasteiger partial charge in [-0.05, 0) is 35.4 Å². The molecule has 0 heterocycles. The Bertz CT molecular complexity index is 557. The summed E-state index contributed by atoms with van der Waals surface area (Å²) in [6.45, 7) is 0. The fourth-order valence-corrected chi connectivity index (χ4v) is 1.82. The second-order valence-electron chi connectivity index (χ2n) is 4.04. The maximum atomic E-state index is 13.6. The molecular formula is C14H15FN2O. The van der Waals surface area contributed by atoms with Crippen LogP contribution in [-0.2, 0) is 0 Å². The SMILES string of the molecule is COc1ccc(C(N)c2cccc(N)c2)cc1F. The molecule has 94 valence electrons. The molecule has 0 fully saturated rings. The number of hydrogen-bond acceptors (Lipinski definition) is 3. The van der Waals surface area contributed by atoms with Crippen LogP contribution < -0.4 is 16.2 Å². The third-order valence-electron chi connectivity index (χ3n) is 2.80. The first-order chi connectivity index (χ1) is 8.61. The summed E-state index contributed by atoms with van der Waals surface area (Å²) in [5.41, 5.74) is 13.9. The second-order valence-corrected chi connectivity index (χ2v) is 4.04. The van der Waals surface area contributed by atoms with Gasteiger partial charge >= 0.3 is 0 Å². The average Bonchev–Trinajstić information content (AvgIpc) is 2.37. The summed E-state index contributed by atoms with van der Waals surface area (Å²) in [6.07, 6.45) is 0. The van der Waals surface area contributed by atoms with Crippen LogP contribution in [0.1, 0.15) is 17.2 Å². The molecular weight excluding hydrogens is 231 g/mol. The van der Waals surface area contributed by atoms with E-state index in [4.69, 9.17) is 16.2 Å². The van der Waals surface area contributed by atoms with E-state index >= 15 is 0 Å². The monoisotopic (exact) mass is 246 g/mol. The van der Waals surface area contributed by atoms with E-state index in [-0.39, 0.29) is 5.75 Å². The summed E-state index contributed by atoms with van der Waals surface area (Å²) in [5, 5.41) is 0. The number of nitrogen functional groups attached to an aromatic ring is 1. The van der Waals surface area contributed by atoms with Gasteiger partial charge in [0.1, 0.15) is 0 Å². The Hall–Kier alpha value is -2.07. The summed E-state index contributed by atoms with van der Waals surface area (Å²) in [4.78, 5) is 0. The average molecular weight is 246 g/mol. The maximum absolute atomic E-state index is 13.6. The standard InChI is InChI=1S/C14H15FN2O/c1-18-13-6-5-10(8-12(13)15)14(17)9-3-2-4-11(16)7-9/h2-8,14H,16-17H2,1H3. The number of anilines is 1. The summed E-state index contributed by atoms with van der Waals surface area (Å²) < 4.78 is 18.5. The zero-order valence-corrected chi connectivity index (χ0v) is 10.1. The minimum absolute atomic E-state index is 0.207. The normalized spacial score (nSPS) is 12.2. The third kappa shape index (κ3) is 2.43. The molecule has 0 saturated carbocycles. The van der Waals surface area contributed by atoms with Crippen molar-refractivity contribution >= 4 is 5.69 Å². The number of benzene rings is 2. The first-order valence-corrected chi connectivity index (χ1v) is 5.56. The molecule has 4 heteroatoms. The lowest BCUT2D eigenvalue weighted by atomic mass is 9.99. The Balaban J connectivity index is 2.34. The van der Waals surface area contributed by atoms with Crippen LogP contribution in [0, 0.1) is 5.82 Å². The zero-order chi connectivity index (χ0) is 13.1. The Morgan fingerprint density at radius 2 is 1.83 bits per heavy atom. The number of hydrogen-bond donors (Lipinski definition) is 2. The minimum Gasteiger partial charge on any atom is -0.494 e. The van der Waals surface area contributed by atoms with Crippen molar-refractivity contribution in [2.75, 3.05) is 12.8 Å². The lowest BCUT2D eigenvalue weighted by Crippen LogP contribution is -2.12. The zero-order valence-electron chi connectivity index (χ0n) is 10.1. The van der Waals surface area contributed by atoms with Gasteiger partial charge in [-0.3, -0.25) is 0 Å². The van der Waals surface area contributed by atoms with Crippen LogP contribution in [-0.4, -0.2) is 7.11 Å². The Labute approximate surface area is 105 Å². The van der Waals surface area contributed by atoms with Crippen molar-refractivity contribution in [1.82, 2.24) is 0 Å². The topological polar surface area (TPSA) is 61.3 Å². The lowest BCUT2D eigenvalue weighted by Gasteiger charge is -2.14. The predicted octanol–water partition coefficient (Wildman–Crippen LogP) is 2.46. The van der Waals surface area contributed by atoms with E-state index in [1.807, 2.05) is 12.1 Å². The van der Waals surface area contributed by atoms with Crippen molar-refractivity contribution < 1.29 is 9.13 Å². The van der Waals surface area contributed by atoms with E-state index in [9.17, 15) is 4.39 Å². The molecule has 2 aromatic rings. The van der Waals surface area contributed by atoms with Gasteiger partial charge in [-0.15, -0.1) is 0 Å². The van der Waals surface area contributed by atoms with Gasteiger partial charge < -0.3 is 16.2 Å². The molecule has 0 spiro atoms. The molecule has 2 rings (SSSR count). The van der Waals surface area contributed by atoms with Crippen LogP contribution in [0.3, 0.4) is 0 Å². The van der Waals surface area contributed by atoms with Gasteiger partial charge in [-0.1, -0.05) is 18.2 Å². The van der Waals surface area contributed by atoms with Gasteiger partial charge in [-0.2, -0.15) is 0 Å². The smallest absolute Gasteiger partial charge is 0.165 e. The fraction of sp³-hybridized carbons (Fsp3) is 0.143. The van der Waals surface area contributed by atoms with Crippen molar-refractivity contribution in [2.45, 2.75) is 6.04 Å². The van der Waals surface area contributed by atoms with Crippen molar-refractivity contribution in [1.29, 1.82) is 0 Å². The Kier molecular flexibility index (Phi) is 3.48. The van der Waals surface area contributed by atoms with Crippen molar-refractivity contribution in [3.05, 3.63) is 59.4 Å². The Morgan fingerprint density at radius 3 is 2.44 bits per heavy atom. The molecule has 18 heavy (non-hydrogen) atoms. The first-order valence-electron chi connectivity index (χ1n) is 5.56. The second kappa shape index (κ2) is 5.06. The largest absolute Gasteiger partial charge is 0.494 e. The quantitative estimate of drug-likeness (QED) is 0.818. The van der Waals surface area contributed by atoms with E-state index in [1.165, 1.54) is 13.2 Å². The summed E-state index contributed by atoms with van der Waals surface area (Å²) in [6, 6.07) is 11.5.